The molecule has 0 aromatic heterocycles. The Morgan fingerprint density at radius 1 is 1.33 bits per heavy atom. The number of alkyl halides is 3. The van der Waals surface area contributed by atoms with Crippen molar-refractivity contribution in [2.24, 2.45) is 11.8 Å². The number of ether oxygens (including phenoxy) is 1. The molecule has 0 unspecified atom stereocenters. The zero-order chi connectivity index (χ0) is 15.6. The smallest absolute Gasteiger partial charge is 0.418 e. The number of carbonyl (C=O) groups excluding carboxylic acids is 2. The largest absolute Gasteiger partial charge is 0.455 e. The number of esters is 1. The van der Waals surface area contributed by atoms with Crippen molar-refractivity contribution < 1.29 is 27.5 Å². The maximum atomic E-state index is 12.7. The quantitative estimate of drug-likeness (QED) is 0.870. The standard InChI is InChI=1S/C14H14F3NO3/c1-8-6-9(8)13(20)21-7-12(19)18-11-5-3-2-4-10(11)14(15,16)17/h2-5,8-9H,6-7H2,1H3,(H,18,19)/t8-,9-/m0/s1. The number of nitrogens with one attached hydrogen (secondary N) is 1. The van der Waals surface area contributed by atoms with Crippen LogP contribution in [-0.4, -0.2) is 18.5 Å². The van der Waals surface area contributed by atoms with Crippen molar-refractivity contribution in [2.75, 3.05) is 11.9 Å². The molecule has 114 valence electrons. The fourth-order valence-corrected chi connectivity index (χ4v) is 1.92. The number of hydrogen-bond donors (Lipinski definition) is 1. The van der Waals surface area contributed by atoms with Gasteiger partial charge in [-0.05, 0) is 24.5 Å². The van der Waals surface area contributed by atoms with Crippen LogP contribution in [0, 0.1) is 11.8 Å². The highest BCUT2D eigenvalue weighted by Crippen LogP contribution is 2.38. The van der Waals surface area contributed by atoms with E-state index in [1.165, 1.54) is 12.1 Å². The van der Waals surface area contributed by atoms with Gasteiger partial charge in [0.2, 0.25) is 0 Å². The highest BCUT2D eigenvalue weighted by molar-refractivity contribution is 5.93. The first-order chi connectivity index (χ1) is 9.79. The highest BCUT2D eigenvalue weighted by atomic mass is 19.4. The Labute approximate surface area is 119 Å². The minimum Gasteiger partial charge on any atom is -0.455 e. The van der Waals surface area contributed by atoms with E-state index in [4.69, 9.17) is 4.74 Å². The van der Waals surface area contributed by atoms with E-state index < -0.39 is 30.2 Å². The molecular weight excluding hydrogens is 287 g/mol. The minimum atomic E-state index is -4.57. The van der Waals surface area contributed by atoms with Crippen molar-refractivity contribution in [3.05, 3.63) is 29.8 Å². The summed E-state index contributed by atoms with van der Waals surface area (Å²) in [6, 6.07) is 4.62. The molecule has 0 heterocycles. The molecule has 1 aromatic carbocycles. The molecule has 21 heavy (non-hydrogen) atoms. The Hall–Kier alpha value is -2.05. The normalized spacial score (nSPS) is 20.8. The Balaban J connectivity index is 1.92. The second-order valence-corrected chi connectivity index (χ2v) is 5.02. The molecule has 1 amide bonds. The topological polar surface area (TPSA) is 55.4 Å². The number of anilines is 1. The van der Waals surface area contributed by atoms with Crippen molar-refractivity contribution in [3.8, 4) is 0 Å². The number of para-hydroxylation sites is 1. The van der Waals surface area contributed by atoms with Gasteiger partial charge in [-0.3, -0.25) is 9.59 Å². The van der Waals surface area contributed by atoms with Gasteiger partial charge in [-0.2, -0.15) is 13.2 Å². The van der Waals surface area contributed by atoms with Gasteiger partial charge in [0.1, 0.15) is 0 Å². The van der Waals surface area contributed by atoms with Crippen molar-refractivity contribution in [3.63, 3.8) is 0 Å². The third-order valence-corrected chi connectivity index (χ3v) is 3.26. The van der Waals surface area contributed by atoms with Crippen molar-refractivity contribution >= 4 is 17.6 Å². The number of halogens is 3. The molecule has 0 radical (unpaired) electrons. The van der Waals surface area contributed by atoms with E-state index in [2.05, 4.69) is 5.32 Å². The van der Waals surface area contributed by atoms with Gasteiger partial charge in [-0.15, -0.1) is 0 Å². The van der Waals surface area contributed by atoms with Crippen molar-refractivity contribution in [1.82, 2.24) is 0 Å². The Morgan fingerprint density at radius 2 is 1.95 bits per heavy atom. The average Bonchev–Trinajstić information content (AvgIpc) is 3.12. The van der Waals surface area contributed by atoms with Crippen LogP contribution in [0.1, 0.15) is 18.9 Å². The van der Waals surface area contributed by atoms with Crippen LogP contribution < -0.4 is 5.32 Å². The zero-order valence-electron chi connectivity index (χ0n) is 11.2. The minimum absolute atomic E-state index is 0.194. The SMILES string of the molecule is C[C@H]1C[C@@H]1C(=O)OCC(=O)Nc1ccccc1C(F)(F)F. The lowest BCUT2D eigenvalue weighted by Crippen LogP contribution is -2.23. The third kappa shape index (κ3) is 3.96. The summed E-state index contributed by atoms with van der Waals surface area (Å²) < 4.78 is 43.0. The summed E-state index contributed by atoms with van der Waals surface area (Å²) in [5.74, 6) is -1.23. The van der Waals surface area contributed by atoms with Crippen LogP contribution in [0.2, 0.25) is 0 Å². The van der Waals surface area contributed by atoms with Gasteiger partial charge in [0.25, 0.3) is 5.91 Å². The molecule has 1 N–H and O–H groups in total. The van der Waals surface area contributed by atoms with Gasteiger partial charge in [-0.25, -0.2) is 0 Å². The Bertz CT molecular complexity index is 557. The molecule has 0 bridgehead atoms. The summed E-state index contributed by atoms with van der Waals surface area (Å²) in [5.41, 5.74) is -1.30. The molecule has 0 aliphatic heterocycles. The highest BCUT2D eigenvalue weighted by Gasteiger charge is 2.40. The lowest BCUT2D eigenvalue weighted by molar-refractivity contribution is -0.149. The summed E-state index contributed by atoms with van der Waals surface area (Å²) in [6.45, 7) is 1.29. The lowest BCUT2D eigenvalue weighted by Gasteiger charge is -2.13. The van der Waals surface area contributed by atoms with E-state index >= 15 is 0 Å². The Morgan fingerprint density at radius 3 is 2.52 bits per heavy atom. The molecule has 0 saturated heterocycles. The molecule has 2 rings (SSSR count). The van der Waals surface area contributed by atoms with Gasteiger partial charge < -0.3 is 10.1 Å². The average molecular weight is 301 g/mol. The first kappa shape index (κ1) is 15.3. The van der Waals surface area contributed by atoms with Gasteiger partial charge >= 0.3 is 12.1 Å². The van der Waals surface area contributed by atoms with Gasteiger partial charge in [-0.1, -0.05) is 19.1 Å². The van der Waals surface area contributed by atoms with Crippen molar-refractivity contribution in [2.45, 2.75) is 19.5 Å². The predicted octanol–water partition coefficient (Wildman–Crippen LogP) is 2.84. The first-order valence-electron chi connectivity index (χ1n) is 6.41. The molecular formula is C14H14F3NO3. The van der Waals surface area contributed by atoms with Gasteiger partial charge in [0, 0.05) is 0 Å². The van der Waals surface area contributed by atoms with Crippen LogP contribution in [0.15, 0.2) is 24.3 Å². The number of rotatable bonds is 4. The lowest BCUT2D eigenvalue weighted by atomic mass is 10.1. The molecule has 7 heteroatoms. The van der Waals surface area contributed by atoms with E-state index in [0.717, 1.165) is 18.6 Å². The third-order valence-electron chi connectivity index (χ3n) is 3.26. The maximum Gasteiger partial charge on any atom is 0.418 e. The molecule has 1 aromatic rings. The molecule has 1 aliphatic carbocycles. The number of amides is 1. The molecule has 1 fully saturated rings. The fourth-order valence-electron chi connectivity index (χ4n) is 1.92. The van der Waals surface area contributed by atoms with Gasteiger partial charge in [0.05, 0.1) is 17.2 Å². The first-order valence-corrected chi connectivity index (χ1v) is 6.41. The zero-order valence-corrected chi connectivity index (χ0v) is 11.2. The molecule has 2 atom stereocenters. The van der Waals surface area contributed by atoms with Crippen molar-refractivity contribution in [1.29, 1.82) is 0 Å². The molecule has 1 aliphatic rings. The van der Waals surface area contributed by atoms with Crippen LogP contribution in [0.5, 0.6) is 0 Å². The fraction of sp³-hybridized carbons (Fsp3) is 0.429. The van der Waals surface area contributed by atoms with E-state index in [1.54, 1.807) is 0 Å². The summed E-state index contributed by atoms with van der Waals surface area (Å²) >= 11 is 0. The van der Waals surface area contributed by atoms with Crippen LogP contribution in [0.3, 0.4) is 0 Å². The van der Waals surface area contributed by atoms with E-state index in [9.17, 15) is 22.8 Å². The summed E-state index contributed by atoms with van der Waals surface area (Å²) in [5, 5.41) is 2.11. The van der Waals surface area contributed by atoms with Gasteiger partial charge in [0.15, 0.2) is 6.61 Å². The van der Waals surface area contributed by atoms with Crippen LogP contribution >= 0.6 is 0 Å². The number of carbonyl (C=O) groups is 2. The monoisotopic (exact) mass is 301 g/mol. The van der Waals surface area contributed by atoms with E-state index in [-0.39, 0.29) is 17.5 Å². The summed E-state index contributed by atoms with van der Waals surface area (Å²) in [4.78, 5) is 23.0. The Kier molecular flexibility index (Phi) is 4.20. The summed E-state index contributed by atoms with van der Waals surface area (Å²) in [6.07, 6.45) is -3.85. The summed E-state index contributed by atoms with van der Waals surface area (Å²) in [7, 11) is 0. The number of hydrogen-bond acceptors (Lipinski definition) is 3. The molecule has 0 spiro atoms. The second-order valence-electron chi connectivity index (χ2n) is 5.02. The maximum absolute atomic E-state index is 12.7. The molecule has 4 nitrogen and oxygen atoms in total. The van der Waals surface area contributed by atoms with E-state index in [0.29, 0.717) is 0 Å². The van der Waals surface area contributed by atoms with Crippen LogP contribution in [-0.2, 0) is 20.5 Å². The predicted molar refractivity (Wildman–Crippen MR) is 68.3 cm³/mol. The van der Waals surface area contributed by atoms with Crippen LogP contribution in [0.4, 0.5) is 18.9 Å². The second kappa shape index (κ2) is 5.75. The number of benzene rings is 1. The van der Waals surface area contributed by atoms with Crippen LogP contribution in [0.25, 0.3) is 0 Å². The van der Waals surface area contributed by atoms with E-state index in [1.807, 2.05) is 6.92 Å². The molecule has 1 saturated carbocycles.